The zero-order valence-electron chi connectivity index (χ0n) is 34.3. The molecule has 1 saturated heterocycles. The maximum Gasteiger partial charge on any atom is 0.327 e. The Kier molecular flexibility index (Phi) is 14.7. The minimum Gasteiger partial charge on any atom is -0.474 e. The second-order valence-corrected chi connectivity index (χ2v) is 15.3. The lowest BCUT2D eigenvalue weighted by molar-refractivity contribution is -0.141. The predicted molar refractivity (Wildman–Crippen MR) is 233 cm³/mol. The number of aliphatic hydroxyl groups excluding tert-OH is 2. The first-order valence-electron chi connectivity index (χ1n) is 19.4. The average Bonchev–Trinajstić information content (AvgIpc) is 4.01. The molecule has 0 amide bonds. The molecular formula is C43H35Cl3F4N8O8. The van der Waals surface area contributed by atoms with Gasteiger partial charge >= 0.3 is 12.0 Å². The highest BCUT2D eigenvalue weighted by Gasteiger charge is 2.34. The van der Waals surface area contributed by atoms with Crippen LogP contribution in [0.2, 0.25) is 10.0 Å². The van der Waals surface area contributed by atoms with Gasteiger partial charge in [0.15, 0.2) is 40.2 Å². The van der Waals surface area contributed by atoms with E-state index in [1.54, 1.807) is 36.4 Å². The van der Waals surface area contributed by atoms with Crippen LogP contribution in [0.3, 0.4) is 0 Å². The third kappa shape index (κ3) is 10.8. The van der Waals surface area contributed by atoms with Crippen molar-refractivity contribution < 1.29 is 56.2 Å². The highest BCUT2D eigenvalue weighted by atomic mass is 35.5. The Bertz CT molecular complexity index is 3000. The molecule has 9 rings (SSSR count). The van der Waals surface area contributed by atoms with E-state index in [9.17, 15) is 22.7 Å². The van der Waals surface area contributed by atoms with Crippen LogP contribution in [0.25, 0.3) is 44.6 Å². The van der Waals surface area contributed by atoms with Crippen LogP contribution in [0.15, 0.2) is 84.9 Å². The zero-order valence-corrected chi connectivity index (χ0v) is 36.6. The summed E-state index contributed by atoms with van der Waals surface area (Å²) >= 11 is 12.7. The maximum absolute atomic E-state index is 14.1. The summed E-state index contributed by atoms with van der Waals surface area (Å²) in [6.45, 7) is 3.26. The van der Waals surface area contributed by atoms with Crippen molar-refractivity contribution in [3.63, 3.8) is 0 Å². The molecule has 0 aliphatic carbocycles. The molecule has 0 spiro atoms. The number of aromatic amines is 2. The smallest absolute Gasteiger partial charge is 0.327 e. The summed E-state index contributed by atoms with van der Waals surface area (Å²) < 4.78 is 88.3. The van der Waals surface area contributed by atoms with Gasteiger partial charge in [-0.1, -0.05) is 59.6 Å². The molecule has 0 radical (unpaired) electrons. The van der Waals surface area contributed by atoms with Crippen molar-refractivity contribution in [2.45, 2.75) is 31.8 Å². The van der Waals surface area contributed by atoms with E-state index in [1.807, 2.05) is 26.0 Å². The number of nitrogens with one attached hydrogen (secondary N) is 2. The van der Waals surface area contributed by atoms with Crippen LogP contribution < -0.4 is 18.9 Å². The summed E-state index contributed by atoms with van der Waals surface area (Å²) in [6, 6.07) is 19.3. The van der Waals surface area contributed by atoms with Crippen LogP contribution in [0.4, 0.5) is 17.6 Å². The normalized spacial score (nSPS) is 14.6. The monoisotopic (exact) mass is 972 g/mol. The Hall–Kier alpha value is -6.39. The van der Waals surface area contributed by atoms with Crippen molar-refractivity contribution in [1.82, 2.24) is 40.3 Å². The molecule has 4 aromatic carbocycles. The van der Waals surface area contributed by atoms with Crippen molar-refractivity contribution in [3.05, 3.63) is 118 Å². The van der Waals surface area contributed by atoms with E-state index in [-0.39, 0.29) is 78.3 Å². The summed E-state index contributed by atoms with van der Waals surface area (Å²) in [4.78, 5) is 16.9. The second-order valence-electron chi connectivity index (χ2n) is 14.4. The van der Waals surface area contributed by atoms with Gasteiger partial charge in [-0.3, -0.25) is 10.2 Å². The number of benzene rings is 4. The van der Waals surface area contributed by atoms with E-state index in [0.717, 1.165) is 24.3 Å². The predicted octanol–water partition coefficient (Wildman–Crippen LogP) is 9.17. The van der Waals surface area contributed by atoms with E-state index in [2.05, 4.69) is 40.3 Å². The lowest BCUT2D eigenvalue weighted by Crippen LogP contribution is -2.25. The molecule has 2 atom stereocenters. The molecule has 66 heavy (non-hydrogen) atoms. The molecule has 0 unspecified atom stereocenters. The number of hydrogen-bond donors (Lipinski definition) is 4. The molecule has 0 saturated carbocycles. The van der Waals surface area contributed by atoms with Crippen molar-refractivity contribution in [3.8, 4) is 57.8 Å². The van der Waals surface area contributed by atoms with Gasteiger partial charge in [0.05, 0.1) is 24.6 Å². The van der Waals surface area contributed by atoms with Gasteiger partial charge in [-0.2, -0.15) is 30.1 Å². The number of H-pyrrole nitrogens is 2. The van der Waals surface area contributed by atoms with Crippen LogP contribution in [-0.2, 0) is 9.47 Å². The van der Waals surface area contributed by atoms with Gasteiger partial charge in [-0.25, -0.2) is 17.6 Å². The van der Waals surface area contributed by atoms with Crippen LogP contribution in [0.1, 0.15) is 13.8 Å². The number of ether oxygens (including phenoxy) is 6. The van der Waals surface area contributed by atoms with Crippen LogP contribution in [0.5, 0.6) is 35.3 Å². The van der Waals surface area contributed by atoms with E-state index >= 15 is 0 Å². The fourth-order valence-corrected chi connectivity index (χ4v) is 6.78. The first-order chi connectivity index (χ1) is 31.2. The fourth-order valence-electron chi connectivity index (χ4n) is 6.32. The van der Waals surface area contributed by atoms with E-state index in [1.165, 1.54) is 0 Å². The van der Waals surface area contributed by atoms with Gasteiger partial charge in [0.25, 0.3) is 0 Å². The number of halogens is 7. The molecule has 4 N–H and O–H groups in total. The molecule has 5 heterocycles. The fraction of sp³-hybridized carbons (Fsp3) is 0.209. The lowest BCUT2D eigenvalue weighted by atomic mass is 10.1. The van der Waals surface area contributed by atoms with E-state index < -0.39 is 41.8 Å². The quantitative estimate of drug-likeness (QED) is 0.0796. The third-order valence-corrected chi connectivity index (χ3v) is 9.95. The zero-order chi connectivity index (χ0) is 45.8. The topological polar surface area (TPSA) is 205 Å². The molecule has 0 bridgehead atoms. The number of aliphatic hydroxyl groups is 2. The van der Waals surface area contributed by atoms with Gasteiger partial charge in [0, 0.05) is 33.3 Å². The molecule has 344 valence electrons. The second kappa shape index (κ2) is 20.4. The summed E-state index contributed by atoms with van der Waals surface area (Å²) in [6.07, 6.45) is -1.51. The molecule has 16 nitrogen and oxygen atoms in total. The molecule has 8 aromatic rings. The molecule has 1 aliphatic rings. The van der Waals surface area contributed by atoms with Crippen molar-refractivity contribution >= 4 is 57.7 Å². The molecule has 1 fully saturated rings. The molecule has 1 aliphatic heterocycles. The summed E-state index contributed by atoms with van der Waals surface area (Å²) in [5.41, 5.74) is 2.59. The standard InChI is InChI=1S/C23H19ClF2N4O4.C20H15ClF2N4O4.ClH/c1-23(2)32-11-13(34-23)10-31-21-18-19(14-5-3-4-6-15(14)24)29-30-20(18)27-22(28-21)33-17-8-7-12(25)9-16(17)26;21-13-4-2-1-3-12(13)17-16-18(27-26-17)24-20(25-19(16)30-9-11(29)8-28)31-15-6-5-10(22)7-14(15)23;/h3-9,13H,10-11H2,1-2H3,(H,27,28,29,30);1-7,11,28-29H,8-9H2,(H,24,25,26,27);1H/t13-;11-;/m10./s1. The summed E-state index contributed by atoms with van der Waals surface area (Å²) in [5, 5.41) is 34.5. The highest BCUT2D eigenvalue weighted by molar-refractivity contribution is 6.34. The molecule has 4 aromatic heterocycles. The Morgan fingerprint density at radius 1 is 0.727 bits per heavy atom. The number of nitrogens with zero attached hydrogens (tertiary/aromatic N) is 6. The van der Waals surface area contributed by atoms with Crippen molar-refractivity contribution in [2.75, 3.05) is 26.4 Å². The molecule has 23 heteroatoms. The first-order valence-corrected chi connectivity index (χ1v) is 20.1. The van der Waals surface area contributed by atoms with Gasteiger partial charge < -0.3 is 38.6 Å². The van der Waals surface area contributed by atoms with E-state index in [4.69, 9.17) is 56.7 Å². The minimum atomic E-state index is -1.17. The first kappa shape index (κ1) is 47.6. The largest absolute Gasteiger partial charge is 0.474 e. The number of fused-ring (bicyclic) bond motifs is 2. The number of hydrogen-bond acceptors (Lipinski definition) is 14. The van der Waals surface area contributed by atoms with Gasteiger partial charge in [-0.05, 0) is 50.2 Å². The van der Waals surface area contributed by atoms with Crippen LogP contribution in [0, 0.1) is 23.3 Å². The van der Waals surface area contributed by atoms with Gasteiger partial charge in [0.2, 0.25) is 11.8 Å². The Balaban J connectivity index is 0.000000194. The summed E-state index contributed by atoms with van der Waals surface area (Å²) in [7, 11) is 0. The van der Waals surface area contributed by atoms with Gasteiger partial charge in [0.1, 0.15) is 47.8 Å². The Morgan fingerprint density at radius 3 is 1.65 bits per heavy atom. The number of aromatic nitrogens is 8. The maximum atomic E-state index is 14.1. The highest BCUT2D eigenvalue weighted by Crippen LogP contribution is 2.39. The van der Waals surface area contributed by atoms with E-state index in [0.29, 0.717) is 62.1 Å². The van der Waals surface area contributed by atoms with Crippen molar-refractivity contribution in [2.24, 2.45) is 0 Å². The van der Waals surface area contributed by atoms with Crippen LogP contribution >= 0.6 is 35.6 Å². The SMILES string of the molecule is CC1(C)OC[C@@H](COc2nc(Oc3ccc(F)cc3F)nc3n[nH]c(-c4ccccc4Cl)c23)O1.Cl.OC[C@H](O)COc1nc(Oc2ccc(F)cc2F)nc2n[nH]c(-c3ccccc3Cl)c12. The van der Waals surface area contributed by atoms with Crippen LogP contribution in [-0.4, -0.2) is 95.0 Å². The van der Waals surface area contributed by atoms with Gasteiger partial charge in [-0.15, -0.1) is 12.4 Å². The Labute approximate surface area is 387 Å². The average molecular weight is 974 g/mol. The molecular weight excluding hydrogens is 939 g/mol. The summed E-state index contributed by atoms with van der Waals surface area (Å²) in [5.74, 6) is -4.53. The third-order valence-electron chi connectivity index (χ3n) is 9.29. The Morgan fingerprint density at radius 2 is 1.21 bits per heavy atom. The van der Waals surface area contributed by atoms with Crippen molar-refractivity contribution in [1.29, 1.82) is 0 Å². The lowest BCUT2D eigenvalue weighted by Gasteiger charge is -2.17. The number of rotatable bonds is 13. The minimum absolute atomic E-state index is 0.